The van der Waals surface area contributed by atoms with Gasteiger partial charge in [-0.25, -0.2) is 14.8 Å². The number of nitrogens with zero attached hydrogens (tertiary/aromatic N) is 7. The van der Waals surface area contributed by atoms with Gasteiger partial charge in [-0.1, -0.05) is 60.6 Å². The number of imide groups is 1. The number of aromatic carboxylic acids is 1. The number of carbonyl (C=O) groups is 4. The number of piperazine rings is 1. The minimum Gasteiger partial charge on any atom is -0.490 e. The van der Waals surface area contributed by atoms with E-state index in [1.54, 1.807) is 33.7 Å². The molecule has 0 unspecified atom stereocenters. The summed E-state index contributed by atoms with van der Waals surface area (Å²) in [5.74, 6) is -1.02. The number of rotatable bonds is 14. The molecule has 1 saturated carbocycles. The standard InChI is InChI=1S/C58H60F3N9O6S/c1-34-39(40-22-24-50(63-53(40)56(74)75)70-28-26-36-10-7-12-41(44(36)32-70)54(72)65-57-62-45-13-3-4-15-48(45)77-57)11-8-14-47(34)76-38-19-16-35(17-20-38)9-5-6-27-68-29-30-69(33-49(68)58(59,60)61)37-18-21-42-46(31-37)67(2)66-52(42)43-23-25-51(71)64-55(43)73/h3-4,7-8,10-15,18,21-22,24,31,35,38,43,49H,5-6,9,16-17,19-20,23,25-30,32-33H2,1-2H3,(H,74,75)(H,62,65,72)(H,64,71,73)/t35?,38?,43-,49-/m1/s1. The second kappa shape index (κ2) is 21.6. The van der Waals surface area contributed by atoms with Crippen molar-refractivity contribution < 1.29 is 42.2 Å². The number of carboxylic acids is 1. The summed E-state index contributed by atoms with van der Waals surface area (Å²) in [6, 6.07) is 26.6. The van der Waals surface area contributed by atoms with Gasteiger partial charge in [-0.2, -0.15) is 18.3 Å². The summed E-state index contributed by atoms with van der Waals surface area (Å²) in [5.41, 5.74) is 7.17. The van der Waals surface area contributed by atoms with Crippen LogP contribution >= 0.6 is 11.3 Å². The lowest BCUT2D eigenvalue weighted by Crippen LogP contribution is -2.59. The summed E-state index contributed by atoms with van der Waals surface area (Å²) in [6.45, 7) is 3.82. The Hall–Kier alpha value is -7.38. The van der Waals surface area contributed by atoms with E-state index in [-0.39, 0.29) is 49.0 Å². The third kappa shape index (κ3) is 10.8. The molecule has 0 bridgehead atoms. The number of pyridine rings is 1. The van der Waals surface area contributed by atoms with Crippen LogP contribution in [0.15, 0.2) is 91.0 Å². The van der Waals surface area contributed by atoms with Crippen LogP contribution in [0.5, 0.6) is 5.75 Å². The molecule has 6 heterocycles. The number of carbonyl (C=O) groups excluding carboxylic acids is 3. The van der Waals surface area contributed by atoms with E-state index in [2.05, 4.69) is 20.7 Å². The number of anilines is 3. The van der Waals surface area contributed by atoms with Crippen LogP contribution in [0.3, 0.4) is 0 Å². The number of halogens is 3. The number of alkyl halides is 3. The SMILES string of the molecule is Cc1c(OC2CCC(CCCCN3CCN(c4ccc5c([C@H]6CCC(=O)NC6=O)nn(C)c5c4)C[C@@H]3C(F)(F)F)CC2)cccc1-c1ccc(N2CCc3cccc(C(=O)Nc4nc5ccccc5s4)c3C2)nc1C(=O)O. The van der Waals surface area contributed by atoms with Crippen molar-refractivity contribution in [2.24, 2.45) is 13.0 Å². The molecule has 15 nitrogen and oxygen atoms in total. The molecule has 3 fully saturated rings. The van der Waals surface area contributed by atoms with Crippen molar-refractivity contribution in [1.82, 2.24) is 30.0 Å². The Labute approximate surface area is 447 Å². The number of aryl methyl sites for hydroxylation is 1. The smallest absolute Gasteiger partial charge is 0.405 e. The van der Waals surface area contributed by atoms with E-state index in [4.69, 9.17) is 9.72 Å². The zero-order chi connectivity index (χ0) is 53.5. The maximum absolute atomic E-state index is 14.7. The highest BCUT2D eigenvalue weighted by Gasteiger charge is 2.46. The number of hydrogen-bond acceptors (Lipinski definition) is 12. The highest BCUT2D eigenvalue weighted by atomic mass is 32.1. The number of ether oxygens (including phenoxy) is 1. The highest BCUT2D eigenvalue weighted by Crippen LogP contribution is 2.39. The van der Waals surface area contributed by atoms with E-state index >= 15 is 0 Å². The van der Waals surface area contributed by atoms with Gasteiger partial charge in [0, 0.05) is 68.4 Å². The number of piperidine rings is 1. The number of aromatic nitrogens is 4. The molecule has 3 aromatic heterocycles. The number of thiazole rings is 1. The van der Waals surface area contributed by atoms with Crippen molar-refractivity contribution >= 4 is 72.8 Å². The second-order valence-electron chi connectivity index (χ2n) is 20.9. The van der Waals surface area contributed by atoms with Crippen LogP contribution in [0.2, 0.25) is 0 Å². The van der Waals surface area contributed by atoms with Crippen LogP contribution in [0.1, 0.15) is 107 Å². The lowest BCUT2D eigenvalue weighted by atomic mass is 9.84. The first-order valence-corrected chi connectivity index (χ1v) is 27.4. The maximum atomic E-state index is 14.7. The Bertz CT molecular complexity index is 3370. The minimum atomic E-state index is -4.40. The van der Waals surface area contributed by atoms with Gasteiger partial charge in [0.25, 0.3) is 5.91 Å². The van der Waals surface area contributed by atoms with Gasteiger partial charge in [-0.15, -0.1) is 0 Å². The summed E-state index contributed by atoms with van der Waals surface area (Å²) in [5, 5.41) is 21.8. The number of carboxylic acid groups (broad SMARTS) is 1. The Morgan fingerprint density at radius 3 is 2.48 bits per heavy atom. The molecule has 1 aliphatic carbocycles. The number of amides is 3. The fourth-order valence-corrected chi connectivity index (χ4v) is 12.8. The van der Waals surface area contributed by atoms with Gasteiger partial charge in [-0.05, 0) is 141 Å². The van der Waals surface area contributed by atoms with Crippen LogP contribution in [-0.2, 0) is 29.6 Å². The van der Waals surface area contributed by atoms with E-state index < -0.39 is 24.1 Å². The second-order valence-corrected chi connectivity index (χ2v) is 21.9. The Morgan fingerprint density at radius 1 is 0.870 bits per heavy atom. The van der Waals surface area contributed by atoms with Gasteiger partial charge in [0.15, 0.2) is 10.8 Å². The number of nitrogens with one attached hydrogen (secondary N) is 2. The quantitative estimate of drug-likeness (QED) is 0.0696. The molecule has 11 rings (SSSR count). The normalized spacial score (nSPS) is 20.3. The summed E-state index contributed by atoms with van der Waals surface area (Å²) < 4.78 is 53.2. The first kappa shape index (κ1) is 51.7. The van der Waals surface area contributed by atoms with Gasteiger partial charge in [-0.3, -0.25) is 34.6 Å². The van der Waals surface area contributed by atoms with E-state index in [1.165, 1.54) is 11.3 Å². The van der Waals surface area contributed by atoms with E-state index in [0.717, 1.165) is 70.8 Å². The van der Waals surface area contributed by atoms with Crippen molar-refractivity contribution in [3.63, 3.8) is 0 Å². The first-order chi connectivity index (χ1) is 37.1. The third-order valence-electron chi connectivity index (χ3n) is 16.1. The number of hydrogen-bond donors (Lipinski definition) is 3. The Kier molecular flexibility index (Phi) is 14.5. The fraction of sp³-hybridized carbons (Fsp3) is 0.397. The molecule has 2 atom stereocenters. The highest BCUT2D eigenvalue weighted by molar-refractivity contribution is 7.22. The number of unbranched alkanes of at least 4 members (excludes halogenated alkanes) is 1. The van der Waals surface area contributed by atoms with Crippen molar-refractivity contribution in [1.29, 1.82) is 0 Å². The van der Waals surface area contributed by atoms with Gasteiger partial charge in [0.2, 0.25) is 11.8 Å². The predicted molar refractivity (Wildman–Crippen MR) is 290 cm³/mol. The molecule has 7 aromatic rings. The van der Waals surface area contributed by atoms with Gasteiger partial charge < -0.3 is 19.6 Å². The summed E-state index contributed by atoms with van der Waals surface area (Å²) in [6.07, 6.45) is 2.85. The number of benzene rings is 4. The molecular formula is C58H60F3N9O6S. The molecule has 4 aliphatic rings. The van der Waals surface area contributed by atoms with E-state index in [1.807, 2.05) is 90.7 Å². The zero-order valence-corrected chi connectivity index (χ0v) is 43.8. The van der Waals surface area contributed by atoms with Gasteiger partial charge in [0.1, 0.15) is 17.6 Å². The largest absolute Gasteiger partial charge is 0.490 e. The zero-order valence-electron chi connectivity index (χ0n) is 42.9. The molecule has 3 N–H and O–H groups in total. The van der Waals surface area contributed by atoms with E-state index in [9.17, 15) is 37.5 Å². The Balaban J connectivity index is 0.671. The molecule has 2 saturated heterocycles. The maximum Gasteiger partial charge on any atom is 0.405 e. The molecule has 0 spiro atoms. The summed E-state index contributed by atoms with van der Waals surface area (Å²) in [4.78, 5) is 65.6. The van der Waals surface area contributed by atoms with Crippen LogP contribution < -0.4 is 25.2 Å². The summed E-state index contributed by atoms with van der Waals surface area (Å²) in [7, 11) is 1.75. The lowest BCUT2D eigenvalue weighted by molar-refractivity contribution is -0.184. The van der Waals surface area contributed by atoms with Crippen molar-refractivity contribution in [3.05, 3.63) is 125 Å². The van der Waals surface area contributed by atoms with Crippen molar-refractivity contribution in [3.8, 4) is 16.9 Å². The average molecular weight is 1070 g/mol. The van der Waals surface area contributed by atoms with Crippen LogP contribution in [0.25, 0.3) is 32.2 Å². The Morgan fingerprint density at radius 2 is 1.69 bits per heavy atom. The van der Waals surface area contributed by atoms with Gasteiger partial charge >= 0.3 is 12.1 Å². The molecule has 400 valence electrons. The fourth-order valence-electron chi connectivity index (χ4n) is 11.9. The van der Waals surface area contributed by atoms with Crippen LogP contribution in [0.4, 0.5) is 29.8 Å². The number of fused-ring (bicyclic) bond motifs is 3. The third-order valence-corrected chi connectivity index (χ3v) is 17.0. The average Bonchev–Trinajstić information content (AvgIpc) is 4.00. The first-order valence-electron chi connectivity index (χ1n) is 26.5. The molecule has 3 amide bonds. The number of para-hydroxylation sites is 1. The minimum absolute atomic E-state index is 0.0235. The summed E-state index contributed by atoms with van der Waals surface area (Å²) >= 11 is 1.42. The molecule has 3 aliphatic heterocycles. The monoisotopic (exact) mass is 1070 g/mol. The molecule has 4 aromatic carbocycles. The molecule has 77 heavy (non-hydrogen) atoms. The van der Waals surface area contributed by atoms with Crippen molar-refractivity contribution in [2.75, 3.05) is 47.8 Å². The van der Waals surface area contributed by atoms with E-state index in [0.29, 0.717) is 102 Å². The molecule has 19 heteroatoms. The van der Waals surface area contributed by atoms with Crippen molar-refractivity contribution in [2.45, 2.75) is 102 Å². The lowest BCUT2D eigenvalue weighted by Gasteiger charge is -2.43. The predicted octanol–water partition coefficient (Wildman–Crippen LogP) is 10.4. The van der Waals surface area contributed by atoms with Crippen LogP contribution in [-0.4, -0.2) is 104 Å². The van der Waals surface area contributed by atoms with Crippen LogP contribution in [0, 0.1) is 12.8 Å². The van der Waals surface area contributed by atoms with Gasteiger partial charge in [0.05, 0.1) is 33.4 Å². The molecular weight excluding hydrogens is 1010 g/mol. The topological polar surface area (TPSA) is 175 Å². The molecule has 0 radical (unpaired) electrons.